The van der Waals surface area contributed by atoms with E-state index < -0.39 is 0 Å². The Balaban J connectivity index is 0.000000720. The predicted octanol–water partition coefficient (Wildman–Crippen LogP) is 1.80. The van der Waals surface area contributed by atoms with Gasteiger partial charge in [-0.3, -0.25) is 5.92 Å². The third-order valence-electron chi connectivity index (χ3n) is 3.21. The molecule has 2 rings (SSSR count). The summed E-state index contributed by atoms with van der Waals surface area (Å²) in [6, 6.07) is 0. The van der Waals surface area contributed by atoms with Gasteiger partial charge in [0.2, 0.25) is 0 Å². The molecule has 0 aromatic carbocycles. The van der Waals surface area contributed by atoms with E-state index in [1.54, 1.807) is 0 Å². The molecule has 12 heavy (non-hydrogen) atoms. The van der Waals surface area contributed by atoms with E-state index in [-0.39, 0.29) is 38.1 Å². The fraction of sp³-hybridized carbons (Fsp3) is 0.667. The molecule has 0 aromatic heterocycles. The second-order valence-electron chi connectivity index (χ2n) is 3.56. The van der Waals surface area contributed by atoms with Crippen LogP contribution in [0.5, 0.6) is 0 Å². The zero-order valence-electron chi connectivity index (χ0n) is 7.21. The third-order valence-corrected chi connectivity index (χ3v) is 3.54. The fourth-order valence-electron chi connectivity index (χ4n) is 2.27. The molecule has 2 unspecified atom stereocenters. The van der Waals surface area contributed by atoms with Crippen LogP contribution in [-0.2, 0) is 37.2 Å². The maximum atomic E-state index is 5.48. The van der Waals surface area contributed by atoms with Crippen molar-refractivity contribution in [3.8, 4) is 12.3 Å². The van der Waals surface area contributed by atoms with E-state index in [4.69, 9.17) is 10.9 Å². The van der Waals surface area contributed by atoms with Crippen molar-refractivity contribution in [1.29, 1.82) is 0 Å². The molecule has 0 aromatic rings. The van der Waals surface area contributed by atoms with E-state index in [0.29, 0.717) is 6.10 Å². The number of hydrogen-bond acceptors (Lipinski definition) is 1. The van der Waals surface area contributed by atoms with Gasteiger partial charge in [0, 0.05) is 32.7 Å². The average molecular weight is 256 g/mol. The van der Waals surface area contributed by atoms with E-state index in [1.165, 1.54) is 12.3 Å². The van der Waals surface area contributed by atoms with Crippen molar-refractivity contribution >= 4 is 9.47 Å². The number of fused-ring (bicyclic) bond motifs is 1. The van der Waals surface area contributed by atoms with Crippen LogP contribution in [0, 0.1) is 29.6 Å². The fourth-order valence-corrected chi connectivity index (χ4v) is 2.58. The molecule has 1 radical (unpaired) electrons. The molecule has 2 saturated carbocycles. The summed E-state index contributed by atoms with van der Waals surface area (Å²) < 4.78 is 5.24. The first-order valence-corrected chi connectivity index (χ1v) is 4.39. The zero-order chi connectivity index (χ0) is 8.06. The molecule has 1 nitrogen and oxygen atoms in total. The summed E-state index contributed by atoms with van der Waals surface area (Å²) in [5.41, 5.74) is 0.140. The van der Waals surface area contributed by atoms with Crippen molar-refractivity contribution in [2.75, 3.05) is 0 Å². The molecule has 0 amide bonds. The minimum atomic E-state index is 0. The Hall–Kier alpha value is 1.05. The van der Waals surface area contributed by atoms with Gasteiger partial charge >= 0.3 is 0 Å². The van der Waals surface area contributed by atoms with Gasteiger partial charge in [0.15, 0.2) is 0 Å². The Labute approximate surface area is 102 Å². The molecule has 2 fully saturated rings. The van der Waals surface area contributed by atoms with Gasteiger partial charge in [0.05, 0.1) is 0 Å². The first-order chi connectivity index (χ1) is 5.24. The summed E-state index contributed by atoms with van der Waals surface area (Å²) in [4.78, 5) is 0. The first-order valence-electron chi connectivity index (χ1n) is 3.92. The van der Waals surface area contributed by atoms with Crippen LogP contribution in [0.4, 0.5) is 0 Å². The second kappa shape index (κ2) is 3.66. The van der Waals surface area contributed by atoms with E-state index in [9.17, 15) is 0 Å². The molecular weight excluding hydrogens is 244 g/mol. The van der Waals surface area contributed by atoms with Crippen molar-refractivity contribution in [3.05, 3.63) is 5.92 Å². The van der Waals surface area contributed by atoms with E-state index in [0.717, 1.165) is 12.3 Å². The molecule has 63 valence electrons. The Morgan fingerprint density at radius 3 is 2.75 bits per heavy atom. The largest absolute Gasteiger partial charge is 0.394 e. The molecule has 0 spiro atoms. The van der Waals surface area contributed by atoms with Crippen LogP contribution in [0.2, 0.25) is 0 Å². The van der Waals surface area contributed by atoms with Crippen LogP contribution in [0.15, 0.2) is 0 Å². The predicted molar refractivity (Wildman–Crippen MR) is 47.5 cm³/mol. The topological polar surface area (TPSA) is 9.23 Å². The van der Waals surface area contributed by atoms with Crippen LogP contribution < -0.4 is 0 Å². The van der Waals surface area contributed by atoms with Gasteiger partial charge in [-0.2, -0.15) is 6.92 Å². The minimum Gasteiger partial charge on any atom is -0.394 e. The Morgan fingerprint density at radius 2 is 2.42 bits per heavy atom. The maximum absolute atomic E-state index is 5.48. The number of hydrogen-bond donors (Lipinski definition) is 0. The van der Waals surface area contributed by atoms with Gasteiger partial charge in [0.25, 0.3) is 0 Å². The van der Waals surface area contributed by atoms with Crippen LogP contribution in [0.3, 0.4) is 0 Å². The SMILES string of the molecule is C#C[C@]12CC1C[C@H](OP)[C-]2C.[Y]. The molecule has 0 saturated heterocycles. The van der Waals surface area contributed by atoms with Gasteiger partial charge in [0.1, 0.15) is 0 Å². The van der Waals surface area contributed by atoms with Gasteiger partial charge in [-0.1, -0.05) is 30.3 Å². The molecule has 0 aliphatic heterocycles. The van der Waals surface area contributed by atoms with Crippen molar-refractivity contribution in [3.63, 3.8) is 0 Å². The molecule has 3 heteroatoms. The normalized spacial score (nSPS) is 44.4. The van der Waals surface area contributed by atoms with Crippen molar-refractivity contribution in [2.24, 2.45) is 11.3 Å². The second-order valence-corrected chi connectivity index (χ2v) is 3.83. The average Bonchev–Trinajstić information content (AvgIpc) is 2.68. The van der Waals surface area contributed by atoms with Crippen molar-refractivity contribution in [1.82, 2.24) is 0 Å². The molecule has 2 aliphatic carbocycles. The van der Waals surface area contributed by atoms with Crippen molar-refractivity contribution < 1.29 is 37.2 Å². The molecular formula is C9H12OPY-. The van der Waals surface area contributed by atoms with Gasteiger partial charge < -0.3 is 4.52 Å². The monoisotopic (exact) mass is 256 g/mol. The Kier molecular flexibility index (Phi) is 3.40. The summed E-state index contributed by atoms with van der Waals surface area (Å²) >= 11 is 0. The molecule has 0 bridgehead atoms. The molecule has 4 atom stereocenters. The summed E-state index contributed by atoms with van der Waals surface area (Å²) in [6.07, 6.45) is 8.10. The van der Waals surface area contributed by atoms with Crippen LogP contribution in [0.25, 0.3) is 0 Å². The smallest absolute Gasteiger partial charge is 0 e. The summed E-state index contributed by atoms with van der Waals surface area (Å²) in [5, 5.41) is 0. The summed E-state index contributed by atoms with van der Waals surface area (Å²) in [7, 11) is 2.33. The van der Waals surface area contributed by atoms with E-state index in [1.807, 2.05) is 0 Å². The third kappa shape index (κ3) is 1.32. The first kappa shape index (κ1) is 11.1. The Morgan fingerprint density at radius 1 is 1.75 bits per heavy atom. The number of rotatable bonds is 1. The van der Waals surface area contributed by atoms with Gasteiger partial charge in [-0.25, -0.2) is 0 Å². The maximum Gasteiger partial charge on any atom is 0 e. The minimum absolute atomic E-state index is 0. The van der Waals surface area contributed by atoms with Crippen LogP contribution >= 0.6 is 9.47 Å². The van der Waals surface area contributed by atoms with Crippen LogP contribution in [-0.4, -0.2) is 6.10 Å². The van der Waals surface area contributed by atoms with Crippen LogP contribution in [0.1, 0.15) is 19.8 Å². The standard InChI is InChI=1S/C9H12OP.Y/c1-3-9-5-7(9)4-8(10-11)6(9)2;/h1,7-8H,4-5,11H2,2H3;/q-1;/t7?,8-,9+;/m0./s1. The molecule has 0 heterocycles. The van der Waals surface area contributed by atoms with E-state index >= 15 is 0 Å². The zero-order valence-corrected chi connectivity index (χ0v) is 11.2. The molecule has 2 aliphatic rings. The van der Waals surface area contributed by atoms with Gasteiger partial charge in [-0.15, -0.1) is 12.3 Å². The van der Waals surface area contributed by atoms with Crippen molar-refractivity contribution in [2.45, 2.75) is 25.9 Å². The summed E-state index contributed by atoms with van der Waals surface area (Å²) in [5.74, 6) is 4.98. The van der Waals surface area contributed by atoms with Gasteiger partial charge in [-0.05, 0) is 9.47 Å². The Bertz CT molecular complexity index is 225. The van der Waals surface area contributed by atoms with E-state index in [2.05, 4.69) is 22.3 Å². The quantitative estimate of drug-likeness (QED) is 0.395. The number of terminal acetylenes is 1. The summed E-state index contributed by atoms with van der Waals surface area (Å²) in [6.45, 7) is 2.13. The molecule has 0 N–H and O–H groups in total.